The Balaban J connectivity index is 3.34. The fourth-order valence-electron chi connectivity index (χ4n) is 0.956. The van der Waals surface area contributed by atoms with Crippen molar-refractivity contribution in [2.45, 2.75) is 0 Å². The second-order valence-electron chi connectivity index (χ2n) is 2.34. The van der Waals surface area contributed by atoms with Gasteiger partial charge in [-0.3, -0.25) is 10.1 Å². The third kappa shape index (κ3) is 1.71. The molecule has 0 bridgehead atoms. The van der Waals surface area contributed by atoms with Gasteiger partial charge in [0.15, 0.2) is 11.5 Å². The van der Waals surface area contributed by atoms with Gasteiger partial charge in [0.25, 0.3) is 5.69 Å². The molecule has 0 heterocycles. The molecule has 0 spiro atoms. The van der Waals surface area contributed by atoms with Crippen LogP contribution >= 0.6 is 0 Å². The van der Waals surface area contributed by atoms with Gasteiger partial charge in [-0.2, -0.15) is 0 Å². The minimum atomic E-state index is -0.959. The van der Waals surface area contributed by atoms with Crippen molar-refractivity contribution >= 4 is 11.4 Å². The summed E-state index contributed by atoms with van der Waals surface area (Å²) in [6.07, 6.45) is 0. The largest absolute Gasteiger partial charge is 0.298 e. The van der Waals surface area contributed by atoms with Crippen LogP contribution in [0.3, 0.4) is 0 Å². The lowest BCUT2D eigenvalue weighted by atomic mass is 10.2. The third-order valence-electron chi connectivity index (χ3n) is 1.47. The van der Waals surface area contributed by atoms with Gasteiger partial charge in [0.1, 0.15) is 0 Å². The van der Waals surface area contributed by atoms with Crippen molar-refractivity contribution in [3.8, 4) is 0 Å². The molecule has 0 aromatic heterocycles. The number of para-hydroxylation sites is 1. The predicted octanol–water partition coefficient (Wildman–Crippen LogP) is 2.05. The van der Waals surface area contributed by atoms with E-state index in [1.165, 1.54) is 0 Å². The summed E-state index contributed by atoms with van der Waals surface area (Å²) in [6, 6.07) is 3.15. The van der Waals surface area contributed by atoms with Gasteiger partial charge in [-0.05, 0) is 6.07 Å². The van der Waals surface area contributed by atoms with Crippen LogP contribution in [0, 0.1) is 15.9 Å². The van der Waals surface area contributed by atoms with Crippen molar-refractivity contribution in [2.75, 3.05) is 12.2 Å². The van der Waals surface area contributed by atoms with Gasteiger partial charge >= 0.3 is 0 Å². The first-order chi connectivity index (χ1) is 6.04. The highest BCUT2D eigenvalue weighted by Gasteiger charge is 2.20. The first-order valence-electron chi connectivity index (χ1n) is 3.36. The number of anilines is 1. The number of nitro groups is 1. The lowest BCUT2D eigenvalue weighted by Crippen LogP contribution is -2.08. The molecule has 0 fully saturated rings. The number of rotatable bonds is 2. The Morgan fingerprint density at radius 2 is 2.15 bits per heavy atom. The molecular formula is C7H6F2N2O2. The number of nitro benzene ring substituents is 1. The van der Waals surface area contributed by atoms with Crippen LogP contribution in [0.4, 0.5) is 20.2 Å². The summed E-state index contributed by atoms with van der Waals surface area (Å²) >= 11 is 0. The molecule has 1 aromatic carbocycles. The lowest BCUT2D eigenvalue weighted by Gasteiger charge is -2.07. The van der Waals surface area contributed by atoms with Gasteiger partial charge in [0.05, 0.1) is 4.92 Å². The molecule has 0 aliphatic carbocycles. The highest BCUT2D eigenvalue weighted by molar-refractivity contribution is 5.61. The highest BCUT2D eigenvalue weighted by atomic mass is 19.2. The van der Waals surface area contributed by atoms with E-state index in [4.69, 9.17) is 0 Å². The Morgan fingerprint density at radius 3 is 2.54 bits per heavy atom. The maximum Gasteiger partial charge on any atom is 0.298 e. The maximum absolute atomic E-state index is 12.9. The third-order valence-corrected chi connectivity index (χ3v) is 1.47. The summed E-state index contributed by atoms with van der Waals surface area (Å²) in [5.74, 6) is -0.959. The normalized spacial score (nSPS) is 9.77. The van der Waals surface area contributed by atoms with Crippen LogP contribution < -0.4 is 5.12 Å². The Hall–Kier alpha value is -1.72. The van der Waals surface area contributed by atoms with Crippen molar-refractivity contribution in [1.29, 1.82) is 0 Å². The number of nitrogens with zero attached hydrogens (tertiary/aromatic N) is 2. The molecule has 70 valence electrons. The molecule has 6 heteroatoms. The Kier molecular flexibility index (Phi) is 2.41. The van der Waals surface area contributed by atoms with E-state index in [0.29, 0.717) is 0 Å². The van der Waals surface area contributed by atoms with Crippen molar-refractivity contribution < 1.29 is 13.8 Å². The van der Waals surface area contributed by atoms with Crippen LogP contribution in [-0.4, -0.2) is 12.0 Å². The quantitative estimate of drug-likeness (QED) is 0.405. The summed E-state index contributed by atoms with van der Waals surface area (Å²) in [4.78, 5) is 9.49. The summed E-state index contributed by atoms with van der Waals surface area (Å²) < 4.78 is 25.5. The van der Waals surface area contributed by atoms with Crippen LogP contribution in [0.1, 0.15) is 0 Å². The zero-order valence-electron chi connectivity index (χ0n) is 6.70. The molecule has 0 N–H and O–H groups in total. The zero-order valence-corrected chi connectivity index (χ0v) is 6.70. The van der Waals surface area contributed by atoms with Crippen LogP contribution in [0.25, 0.3) is 0 Å². The second kappa shape index (κ2) is 3.34. The van der Waals surface area contributed by atoms with E-state index in [1.807, 2.05) is 0 Å². The number of hydrogen-bond acceptors (Lipinski definition) is 3. The van der Waals surface area contributed by atoms with Crippen LogP contribution in [0.15, 0.2) is 18.2 Å². The topological polar surface area (TPSA) is 46.4 Å². The molecule has 0 saturated heterocycles. The first kappa shape index (κ1) is 9.37. The molecule has 13 heavy (non-hydrogen) atoms. The highest BCUT2D eigenvalue weighted by Crippen LogP contribution is 2.29. The van der Waals surface area contributed by atoms with E-state index in [0.717, 1.165) is 25.2 Å². The molecule has 0 atom stereocenters. The van der Waals surface area contributed by atoms with E-state index < -0.39 is 22.1 Å². The fraction of sp³-hybridized carbons (Fsp3) is 0.143. The molecule has 1 aromatic rings. The smallest absolute Gasteiger partial charge is 0.258 e. The van der Waals surface area contributed by atoms with Crippen molar-refractivity contribution in [2.24, 2.45) is 0 Å². The standard InChI is InChI=1S/C7H6F2N2O2/c1-10(9)7-5(8)3-2-4-6(7)11(12)13/h2-4H,1H3. The molecular weight excluding hydrogens is 182 g/mol. The number of hydrogen-bond donors (Lipinski definition) is 0. The van der Waals surface area contributed by atoms with Gasteiger partial charge in [0.2, 0.25) is 0 Å². The van der Waals surface area contributed by atoms with Crippen LogP contribution in [-0.2, 0) is 0 Å². The molecule has 0 saturated carbocycles. The van der Waals surface area contributed by atoms with E-state index in [9.17, 15) is 19.0 Å². The molecule has 1 rings (SSSR count). The molecule has 0 radical (unpaired) electrons. The van der Waals surface area contributed by atoms with Gasteiger partial charge < -0.3 is 0 Å². The molecule has 0 amide bonds. The SMILES string of the molecule is CN(F)c1c(F)cccc1[N+](=O)[O-]. The van der Waals surface area contributed by atoms with Crippen molar-refractivity contribution in [1.82, 2.24) is 0 Å². The summed E-state index contributed by atoms with van der Waals surface area (Å²) in [6.45, 7) is 0. The second-order valence-corrected chi connectivity index (χ2v) is 2.34. The van der Waals surface area contributed by atoms with E-state index >= 15 is 0 Å². The average Bonchev–Trinajstić information content (AvgIpc) is 2.02. The van der Waals surface area contributed by atoms with Crippen LogP contribution in [0.5, 0.6) is 0 Å². The minimum absolute atomic E-state index is 0.118. The molecule has 0 unspecified atom stereocenters. The van der Waals surface area contributed by atoms with Gasteiger partial charge in [-0.25, -0.2) is 9.51 Å². The van der Waals surface area contributed by atoms with Crippen molar-refractivity contribution in [3.05, 3.63) is 34.1 Å². The summed E-state index contributed by atoms with van der Waals surface area (Å²) in [5, 5.41) is 10.2. The number of halogens is 2. The fourth-order valence-corrected chi connectivity index (χ4v) is 0.956. The van der Waals surface area contributed by atoms with E-state index in [-0.39, 0.29) is 5.12 Å². The lowest BCUT2D eigenvalue weighted by molar-refractivity contribution is -0.384. The van der Waals surface area contributed by atoms with E-state index in [1.54, 1.807) is 0 Å². The Morgan fingerprint density at radius 1 is 1.54 bits per heavy atom. The van der Waals surface area contributed by atoms with Crippen LogP contribution in [0.2, 0.25) is 0 Å². The Bertz CT molecular complexity index is 341. The summed E-state index contributed by atoms with van der Waals surface area (Å²) in [7, 11) is 0.894. The van der Waals surface area contributed by atoms with Gasteiger partial charge in [-0.15, -0.1) is 0 Å². The molecule has 0 aliphatic heterocycles. The average molecular weight is 188 g/mol. The van der Waals surface area contributed by atoms with Crippen molar-refractivity contribution in [3.63, 3.8) is 0 Å². The minimum Gasteiger partial charge on any atom is -0.258 e. The van der Waals surface area contributed by atoms with E-state index in [2.05, 4.69) is 0 Å². The predicted molar refractivity (Wildman–Crippen MR) is 42.6 cm³/mol. The zero-order chi connectivity index (χ0) is 10.0. The monoisotopic (exact) mass is 188 g/mol. The maximum atomic E-state index is 12.9. The first-order valence-corrected chi connectivity index (χ1v) is 3.36. The Labute approximate surface area is 72.5 Å². The number of benzene rings is 1. The molecule has 0 aliphatic rings. The summed E-state index contributed by atoms with van der Waals surface area (Å²) in [5.41, 5.74) is -1.25. The van der Waals surface area contributed by atoms with Gasteiger partial charge in [-0.1, -0.05) is 10.5 Å². The van der Waals surface area contributed by atoms with Gasteiger partial charge in [0, 0.05) is 13.1 Å². The molecule has 4 nitrogen and oxygen atoms in total.